The molecule has 0 aromatic heterocycles. The standard InChI is InChI=1S/C14H17NO3/c1-3-4-10(16)8-15-13(17)11-6-5-9(2)7-12(11)14(15)18/h5-7,10,16H,3-4,8H2,1-2H3. The minimum atomic E-state index is -0.640. The van der Waals surface area contributed by atoms with Gasteiger partial charge >= 0.3 is 0 Å². The normalized spacial score (nSPS) is 16.1. The van der Waals surface area contributed by atoms with Gasteiger partial charge in [0.15, 0.2) is 0 Å². The van der Waals surface area contributed by atoms with Crippen LogP contribution in [0.4, 0.5) is 0 Å². The van der Waals surface area contributed by atoms with Crippen LogP contribution in [0.3, 0.4) is 0 Å². The molecule has 2 amide bonds. The van der Waals surface area contributed by atoms with E-state index < -0.39 is 6.10 Å². The first kappa shape index (κ1) is 12.8. The molecule has 1 aromatic rings. The van der Waals surface area contributed by atoms with E-state index in [4.69, 9.17) is 0 Å². The molecule has 1 aliphatic rings. The molecule has 4 heteroatoms. The lowest BCUT2D eigenvalue weighted by Gasteiger charge is -2.17. The van der Waals surface area contributed by atoms with Gasteiger partial charge in [-0.05, 0) is 25.5 Å². The monoisotopic (exact) mass is 247 g/mol. The van der Waals surface area contributed by atoms with Gasteiger partial charge in [-0.1, -0.05) is 25.0 Å². The summed E-state index contributed by atoms with van der Waals surface area (Å²) in [5.41, 5.74) is 1.84. The van der Waals surface area contributed by atoms with E-state index in [0.29, 0.717) is 17.5 Å². The second-order valence-electron chi connectivity index (χ2n) is 4.71. The summed E-state index contributed by atoms with van der Waals surface area (Å²) in [6.45, 7) is 3.92. The molecule has 1 N–H and O–H groups in total. The summed E-state index contributed by atoms with van der Waals surface area (Å²) in [4.78, 5) is 25.3. The molecule has 4 nitrogen and oxygen atoms in total. The number of hydrogen-bond acceptors (Lipinski definition) is 3. The maximum atomic E-state index is 12.1. The second-order valence-corrected chi connectivity index (χ2v) is 4.71. The van der Waals surface area contributed by atoms with Crippen LogP contribution < -0.4 is 0 Å². The van der Waals surface area contributed by atoms with Crippen molar-refractivity contribution < 1.29 is 14.7 Å². The molecule has 18 heavy (non-hydrogen) atoms. The molecule has 96 valence electrons. The second kappa shape index (κ2) is 4.90. The molecule has 1 unspecified atom stereocenters. The Morgan fingerprint density at radius 2 is 1.89 bits per heavy atom. The lowest BCUT2D eigenvalue weighted by atomic mass is 10.1. The quantitative estimate of drug-likeness (QED) is 0.825. The molecule has 0 spiro atoms. The van der Waals surface area contributed by atoms with Crippen molar-refractivity contribution in [2.75, 3.05) is 6.54 Å². The Bertz CT molecular complexity index is 496. The van der Waals surface area contributed by atoms with Gasteiger partial charge in [0.05, 0.1) is 23.8 Å². The number of fused-ring (bicyclic) bond motifs is 1. The molecule has 1 atom stereocenters. The van der Waals surface area contributed by atoms with Gasteiger partial charge in [-0.3, -0.25) is 14.5 Å². The Morgan fingerprint density at radius 1 is 1.22 bits per heavy atom. The summed E-state index contributed by atoms with van der Waals surface area (Å²) in [5.74, 6) is -0.598. The topological polar surface area (TPSA) is 57.6 Å². The number of hydrogen-bond donors (Lipinski definition) is 1. The van der Waals surface area contributed by atoms with Crippen LogP contribution in [-0.2, 0) is 0 Å². The molecular weight excluding hydrogens is 230 g/mol. The lowest BCUT2D eigenvalue weighted by Crippen LogP contribution is -2.36. The molecule has 1 aliphatic heterocycles. The number of benzene rings is 1. The van der Waals surface area contributed by atoms with E-state index >= 15 is 0 Å². The van der Waals surface area contributed by atoms with E-state index in [2.05, 4.69) is 0 Å². The number of nitrogens with zero attached hydrogens (tertiary/aromatic N) is 1. The number of β-amino-alcohol motifs (C(OH)–C–C–N with tert-alkyl or cyclic N) is 1. The first-order valence-electron chi connectivity index (χ1n) is 6.19. The van der Waals surface area contributed by atoms with Gasteiger partial charge < -0.3 is 5.11 Å². The van der Waals surface area contributed by atoms with Crippen molar-refractivity contribution >= 4 is 11.8 Å². The maximum Gasteiger partial charge on any atom is 0.261 e. The molecule has 0 aliphatic carbocycles. The van der Waals surface area contributed by atoms with E-state index in [1.54, 1.807) is 12.1 Å². The number of amides is 2. The Labute approximate surface area is 106 Å². The van der Waals surface area contributed by atoms with Crippen LogP contribution in [0.25, 0.3) is 0 Å². The fourth-order valence-electron chi connectivity index (χ4n) is 2.21. The molecular formula is C14H17NO3. The SMILES string of the molecule is CCCC(O)CN1C(=O)c2ccc(C)cc2C1=O. The minimum Gasteiger partial charge on any atom is -0.391 e. The highest BCUT2D eigenvalue weighted by molar-refractivity contribution is 6.21. The van der Waals surface area contributed by atoms with E-state index in [0.717, 1.165) is 16.9 Å². The molecule has 0 bridgehead atoms. The number of carbonyl (C=O) groups is 2. The third kappa shape index (κ3) is 2.16. The van der Waals surface area contributed by atoms with Gasteiger partial charge in [0.2, 0.25) is 0 Å². The zero-order chi connectivity index (χ0) is 13.3. The van der Waals surface area contributed by atoms with E-state index in [-0.39, 0.29) is 18.4 Å². The third-order valence-corrected chi connectivity index (χ3v) is 3.14. The van der Waals surface area contributed by atoms with Gasteiger partial charge in [0.25, 0.3) is 11.8 Å². The summed E-state index contributed by atoms with van der Waals surface area (Å²) < 4.78 is 0. The molecule has 0 fully saturated rings. The van der Waals surface area contributed by atoms with Crippen LogP contribution in [0.15, 0.2) is 18.2 Å². The maximum absolute atomic E-state index is 12.1. The third-order valence-electron chi connectivity index (χ3n) is 3.14. The van der Waals surface area contributed by atoms with Crippen LogP contribution in [-0.4, -0.2) is 34.5 Å². The van der Waals surface area contributed by atoms with Crippen molar-refractivity contribution in [3.63, 3.8) is 0 Å². The van der Waals surface area contributed by atoms with Gasteiger partial charge in [-0.15, -0.1) is 0 Å². The molecule has 1 aromatic carbocycles. The zero-order valence-corrected chi connectivity index (χ0v) is 10.6. The highest BCUT2D eigenvalue weighted by Gasteiger charge is 2.36. The number of aliphatic hydroxyl groups is 1. The molecule has 0 radical (unpaired) electrons. The van der Waals surface area contributed by atoms with Crippen molar-refractivity contribution in [3.05, 3.63) is 34.9 Å². The van der Waals surface area contributed by atoms with Crippen molar-refractivity contribution in [1.29, 1.82) is 0 Å². The van der Waals surface area contributed by atoms with Crippen LogP contribution in [0.1, 0.15) is 46.0 Å². The van der Waals surface area contributed by atoms with Crippen molar-refractivity contribution in [3.8, 4) is 0 Å². The zero-order valence-electron chi connectivity index (χ0n) is 10.6. The van der Waals surface area contributed by atoms with Crippen LogP contribution in [0, 0.1) is 6.92 Å². The predicted molar refractivity (Wildman–Crippen MR) is 67.5 cm³/mol. The molecule has 0 saturated heterocycles. The van der Waals surface area contributed by atoms with Gasteiger partial charge in [0.1, 0.15) is 0 Å². The van der Waals surface area contributed by atoms with E-state index in [1.165, 1.54) is 0 Å². The predicted octanol–water partition coefficient (Wildman–Crippen LogP) is 1.75. The summed E-state index contributed by atoms with van der Waals surface area (Å²) in [5, 5.41) is 9.73. The van der Waals surface area contributed by atoms with Gasteiger partial charge in [-0.25, -0.2) is 0 Å². The van der Waals surface area contributed by atoms with Crippen molar-refractivity contribution in [2.45, 2.75) is 32.8 Å². The Balaban J connectivity index is 2.23. The number of carbonyl (C=O) groups excluding carboxylic acids is 2. The average Bonchev–Trinajstić information content (AvgIpc) is 2.55. The summed E-state index contributed by atoms with van der Waals surface area (Å²) in [7, 11) is 0. The number of aryl methyl sites for hydroxylation is 1. The smallest absolute Gasteiger partial charge is 0.261 e. The van der Waals surface area contributed by atoms with E-state index in [1.807, 2.05) is 19.9 Å². The van der Waals surface area contributed by atoms with Crippen molar-refractivity contribution in [1.82, 2.24) is 4.90 Å². The molecule has 1 heterocycles. The molecule has 2 rings (SSSR count). The van der Waals surface area contributed by atoms with Crippen LogP contribution in [0.2, 0.25) is 0 Å². The van der Waals surface area contributed by atoms with Gasteiger partial charge in [-0.2, -0.15) is 0 Å². The van der Waals surface area contributed by atoms with E-state index in [9.17, 15) is 14.7 Å². The highest BCUT2D eigenvalue weighted by Crippen LogP contribution is 2.24. The lowest BCUT2D eigenvalue weighted by molar-refractivity contribution is 0.0532. The number of rotatable bonds is 4. The molecule has 0 saturated carbocycles. The number of imide groups is 1. The average molecular weight is 247 g/mol. The fourth-order valence-corrected chi connectivity index (χ4v) is 2.21. The summed E-state index contributed by atoms with van der Waals surface area (Å²) in [6.07, 6.45) is 0.772. The summed E-state index contributed by atoms with van der Waals surface area (Å²) >= 11 is 0. The fraction of sp³-hybridized carbons (Fsp3) is 0.429. The van der Waals surface area contributed by atoms with Crippen LogP contribution >= 0.6 is 0 Å². The summed E-state index contributed by atoms with van der Waals surface area (Å²) in [6, 6.07) is 5.22. The minimum absolute atomic E-state index is 0.0826. The Hall–Kier alpha value is -1.68. The number of aliphatic hydroxyl groups excluding tert-OH is 1. The van der Waals surface area contributed by atoms with Crippen molar-refractivity contribution in [2.24, 2.45) is 0 Å². The first-order valence-corrected chi connectivity index (χ1v) is 6.19. The Kier molecular flexibility index (Phi) is 3.48. The first-order chi connectivity index (χ1) is 8.54. The largest absolute Gasteiger partial charge is 0.391 e. The van der Waals surface area contributed by atoms with Gasteiger partial charge in [0, 0.05) is 0 Å². The highest BCUT2D eigenvalue weighted by atomic mass is 16.3. The Morgan fingerprint density at radius 3 is 2.56 bits per heavy atom. The van der Waals surface area contributed by atoms with Crippen LogP contribution in [0.5, 0.6) is 0 Å².